The van der Waals surface area contributed by atoms with Gasteiger partial charge in [-0.3, -0.25) is 14.8 Å². The fourth-order valence-electron chi connectivity index (χ4n) is 2.76. The average Bonchev–Trinajstić information content (AvgIpc) is 2.67. The predicted molar refractivity (Wildman–Crippen MR) is 129 cm³/mol. The molecule has 32 heavy (non-hydrogen) atoms. The number of hydrogen-bond acceptors (Lipinski definition) is 4. The van der Waals surface area contributed by atoms with Crippen LogP contribution in [-0.2, 0) is 24.9 Å². The van der Waals surface area contributed by atoms with Crippen molar-refractivity contribution in [3.8, 4) is 11.4 Å². The molecule has 0 aliphatic carbocycles. The summed E-state index contributed by atoms with van der Waals surface area (Å²) in [7, 11) is 0. The molecule has 4 nitrogen and oxygen atoms in total. The Bertz CT molecular complexity index is 1110. The molecule has 0 atom stereocenters. The van der Waals surface area contributed by atoms with Crippen LogP contribution in [0.4, 0.5) is 0 Å². The second-order valence-corrected chi connectivity index (χ2v) is 9.95. The zero-order chi connectivity index (χ0) is 23.4. The minimum absolute atomic E-state index is 0. The molecule has 0 amide bonds. The van der Waals surface area contributed by atoms with Gasteiger partial charge in [-0.05, 0) is 43.0 Å². The Morgan fingerprint density at radius 2 is 1.50 bits per heavy atom. The Morgan fingerprint density at radius 1 is 0.875 bits per heavy atom. The van der Waals surface area contributed by atoms with Crippen molar-refractivity contribution < 1.29 is 30.0 Å². The molecule has 0 saturated carbocycles. The van der Waals surface area contributed by atoms with Gasteiger partial charge in [0.1, 0.15) is 5.76 Å². The van der Waals surface area contributed by atoms with Gasteiger partial charge in [0.2, 0.25) is 0 Å². The number of ketones is 1. The maximum atomic E-state index is 11.5. The quantitative estimate of drug-likeness (QED) is 0.251. The number of rotatable bonds is 2. The minimum Gasteiger partial charge on any atom is -0.512 e. The molecule has 2 aromatic heterocycles. The average molecular weight is 611 g/mol. The Labute approximate surface area is 205 Å². The minimum atomic E-state index is -0.417. The van der Waals surface area contributed by atoms with Crippen LogP contribution in [0.3, 0.4) is 0 Å². The topological polar surface area (TPSA) is 63.1 Å². The Morgan fingerprint density at radius 3 is 2.06 bits per heavy atom. The molecule has 0 bridgehead atoms. The molecule has 1 N–H and O–H groups in total. The van der Waals surface area contributed by atoms with E-state index in [-0.39, 0.29) is 37.1 Å². The van der Waals surface area contributed by atoms with Crippen LogP contribution in [0.15, 0.2) is 60.6 Å². The number of nitrogens with zero attached hydrogens (tertiary/aromatic N) is 2. The summed E-state index contributed by atoms with van der Waals surface area (Å²) in [6.07, 6.45) is 5.00. The van der Waals surface area contributed by atoms with Crippen LogP contribution in [0, 0.1) is 24.7 Å². The van der Waals surface area contributed by atoms with Crippen LogP contribution in [0.1, 0.15) is 52.7 Å². The molecule has 2 heterocycles. The van der Waals surface area contributed by atoms with E-state index in [0.717, 1.165) is 17.0 Å². The molecule has 0 aliphatic heterocycles. The standard InChI is InChI=1S/C16H14N2.C11H20O2.Ir/c1-11-5-6-13-7-9-18-16(14(13)10-11)15-12(2)4-3-8-17-15;1-10(2,3)8(12)7-9(13)11(4,5)6;/h3-10H,1-2H3;7,12H,1-6H3;. The number of aryl methyl sites for hydroxylation is 2. The van der Waals surface area contributed by atoms with E-state index in [0.29, 0.717) is 0 Å². The Balaban J connectivity index is 0.000000330. The number of fused-ring (bicyclic) bond motifs is 1. The molecule has 173 valence electrons. The number of aliphatic hydroxyl groups is 1. The summed E-state index contributed by atoms with van der Waals surface area (Å²) < 4.78 is 0. The third kappa shape index (κ3) is 7.36. The van der Waals surface area contributed by atoms with Crippen molar-refractivity contribution in [3.05, 3.63) is 71.8 Å². The number of allylic oxidation sites excluding steroid dienone is 2. The number of pyridine rings is 2. The number of carbonyl (C=O) groups excluding carboxylic acids is 1. The summed E-state index contributed by atoms with van der Waals surface area (Å²) in [5.74, 6) is 0.104. The van der Waals surface area contributed by atoms with Crippen molar-refractivity contribution in [1.82, 2.24) is 9.97 Å². The molecule has 5 heteroatoms. The molecule has 3 aromatic rings. The number of carbonyl (C=O) groups is 1. The van der Waals surface area contributed by atoms with Gasteiger partial charge < -0.3 is 5.11 Å². The number of benzene rings is 1. The van der Waals surface area contributed by atoms with Gasteiger partial charge in [0, 0.05) is 54.8 Å². The van der Waals surface area contributed by atoms with Crippen LogP contribution in [-0.4, -0.2) is 20.9 Å². The van der Waals surface area contributed by atoms with E-state index in [1.54, 1.807) is 0 Å². The van der Waals surface area contributed by atoms with Gasteiger partial charge in [-0.2, -0.15) is 0 Å². The van der Waals surface area contributed by atoms with Crippen LogP contribution >= 0.6 is 0 Å². The van der Waals surface area contributed by atoms with Gasteiger partial charge in [-0.15, -0.1) is 0 Å². The van der Waals surface area contributed by atoms with Gasteiger partial charge in [0.05, 0.1) is 11.4 Å². The second kappa shape index (κ2) is 11.0. The smallest absolute Gasteiger partial charge is 0.164 e. The molecule has 3 rings (SSSR count). The van der Waals surface area contributed by atoms with Gasteiger partial charge in [0.15, 0.2) is 5.78 Å². The van der Waals surface area contributed by atoms with Crippen LogP contribution in [0.25, 0.3) is 22.2 Å². The predicted octanol–water partition coefficient (Wildman–Crippen LogP) is 7.00. The van der Waals surface area contributed by atoms with Crippen molar-refractivity contribution in [2.24, 2.45) is 10.8 Å². The van der Waals surface area contributed by atoms with E-state index in [9.17, 15) is 9.90 Å². The zero-order valence-corrected chi connectivity index (χ0v) is 22.7. The molecule has 0 spiro atoms. The largest absolute Gasteiger partial charge is 0.512 e. The molecule has 0 fully saturated rings. The first-order chi connectivity index (χ1) is 14.3. The van der Waals surface area contributed by atoms with E-state index >= 15 is 0 Å². The normalized spacial score (nSPS) is 11.9. The van der Waals surface area contributed by atoms with Crippen molar-refractivity contribution in [2.45, 2.75) is 55.4 Å². The van der Waals surface area contributed by atoms with E-state index in [1.165, 1.54) is 22.4 Å². The summed E-state index contributed by atoms with van der Waals surface area (Å²) in [6.45, 7) is 15.3. The van der Waals surface area contributed by atoms with Crippen molar-refractivity contribution in [2.75, 3.05) is 0 Å². The van der Waals surface area contributed by atoms with Crippen LogP contribution in [0.2, 0.25) is 0 Å². The first-order valence-corrected chi connectivity index (χ1v) is 10.5. The third-order valence-corrected chi connectivity index (χ3v) is 4.93. The van der Waals surface area contributed by atoms with Gasteiger partial charge in [-0.25, -0.2) is 0 Å². The first kappa shape index (κ1) is 27.7. The van der Waals surface area contributed by atoms with Crippen molar-refractivity contribution >= 4 is 16.6 Å². The van der Waals surface area contributed by atoms with E-state index in [4.69, 9.17) is 0 Å². The molecule has 0 aliphatic rings. The number of aliphatic hydroxyl groups excluding tert-OH is 1. The third-order valence-electron chi connectivity index (χ3n) is 4.93. The summed E-state index contributed by atoms with van der Waals surface area (Å²) in [6, 6.07) is 12.5. The van der Waals surface area contributed by atoms with Crippen LogP contribution in [0.5, 0.6) is 0 Å². The fourth-order valence-corrected chi connectivity index (χ4v) is 2.76. The van der Waals surface area contributed by atoms with Gasteiger partial charge in [0.25, 0.3) is 0 Å². The Hall–Kier alpha value is -2.36. The fraction of sp³-hybridized carbons (Fsp3) is 0.370. The monoisotopic (exact) mass is 611 g/mol. The molecule has 0 unspecified atom stereocenters. The summed E-state index contributed by atoms with van der Waals surface area (Å²) in [4.78, 5) is 20.5. The molecule has 0 saturated heterocycles. The van der Waals surface area contributed by atoms with Crippen LogP contribution < -0.4 is 0 Å². The van der Waals surface area contributed by atoms with E-state index < -0.39 is 5.41 Å². The zero-order valence-electron chi connectivity index (χ0n) is 20.3. The summed E-state index contributed by atoms with van der Waals surface area (Å²) >= 11 is 0. The van der Waals surface area contributed by atoms with E-state index in [1.807, 2.05) is 66.1 Å². The number of aromatic nitrogens is 2. The second-order valence-electron chi connectivity index (χ2n) is 9.95. The number of hydrogen-bond donors (Lipinski definition) is 1. The SMILES string of the molecule is CC(C)(C)C(=O)C=C(O)C(C)(C)C.Cc1ccc2ccnc(-c3ncccc3C)c2c1.[Ir]. The molecular formula is C27H34IrN2O2. The summed E-state index contributed by atoms with van der Waals surface area (Å²) in [5, 5.41) is 11.9. The molecular weight excluding hydrogens is 577 g/mol. The van der Waals surface area contributed by atoms with Crippen molar-refractivity contribution in [3.63, 3.8) is 0 Å². The first-order valence-electron chi connectivity index (χ1n) is 10.5. The Kier molecular flexibility index (Phi) is 9.49. The maximum absolute atomic E-state index is 11.5. The van der Waals surface area contributed by atoms with Gasteiger partial charge >= 0.3 is 0 Å². The molecule has 1 aromatic carbocycles. The maximum Gasteiger partial charge on any atom is 0.164 e. The van der Waals surface area contributed by atoms with Gasteiger partial charge in [-0.1, -0.05) is 65.3 Å². The van der Waals surface area contributed by atoms with Crippen molar-refractivity contribution in [1.29, 1.82) is 0 Å². The summed E-state index contributed by atoms with van der Waals surface area (Å²) in [5.41, 5.74) is 3.56. The van der Waals surface area contributed by atoms with E-state index in [2.05, 4.69) is 48.1 Å². The molecule has 1 radical (unpaired) electrons.